The summed E-state index contributed by atoms with van der Waals surface area (Å²) in [5.74, 6) is 1.21. The number of nitrogens with zero attached hydrogens (tertiary/aromatic N) is 2. The number of pyridine rings is 1. The van der Waals surface area contributed by atoms with E-state index in [1.807, 2.05) is 0 Å². The molecule has 0 aromatic carbocycles. The first-order valence-electron chi connectivity index (χ1n) is 7.61. The van der Waals surface area contributed by atoms with Crippen molar-refractivity contribution in [3.05, 3.63) is 23.6 Å². The highest BCUT2D eigenvalue weighted by atomic mass is 19.1. The number of aromatic nitrogens is 1. The molecule has 1 aromatic rings. The van der Waals surface area contributed by atoms with Gasteiger partial charge in [-0.15, -0.1) is 0 Å². The zero-order valence-electron chi connectivity index (χ0n) is 13.0. The molecule has 0 unspecified atom stereocenters. The van der Waals surface area contributed by atoms with Crippen molar-refractivity contribution in [1.82, 2.24) is 10.3 Å². The van der Waals surface area contributed by atoms with E-state index in [1.54, 1.807) is 6.07 Å². The average molecular weight is 279 g/mol. The van der Waals surface area contributed by atoms with Gasteiger partial charge in [0.05, 0.1) is 6.20 Å². The number of rotatable bonds is 7. The van der Waals surface area contributed by atoms with Gasteiger partial charge in [0.25, 0.3) is 0 Å². The van der Waals surface area contributed by atoms with E-state index in [4.69, 9.17) is 0 Å². The Morgan fingerprint density at radius 3 is 2.60 bits per heavy atom. The molecule has 1 fully saturated rings. The van der Waals surface area contributed by atoms with E-state index in [2.05, 4.69) is 42.9 Å². The van der Waals surface area contributed by atoms with E-state index in [-0.39, 0.29) is 5.82 Å². The summed E-state index contributed by atoms with van der Waals surface area (Å²) in [6.07, 6.45) is 3.79. The summed E-state index contributed by atoms with van der Waals surface area (Å²) in [6.45, 7) is 10.3. The van der Waals surface area contributed by atoms with Gasteiger partial charge in [0, 0.05) is 30.7 Å². The van der Waals surface area contributed by atoms with Crippen LogP contribution >= 0.6 is 0 Å². The van der Waals surface area contributed by atoms with Crippen molar-refractivity contribution >= 4 is 5.82 Å². The molecule has 112 valence electrons. The molecule has 1 aliphatic carbocycles. The molecule has 1 aliphatic rings. The summed E-state index contributed by atoms with van der Waals surface area (Å²) in [7, 11) is 0. The van der Waals surface area contributed by atoms with Crippen LogP contribution in [0.5, 0.6) is 0 Å². The lowest BCUT2D eigenvalue weighted by atomic mass is 10.1. The molecule has 4 heteroatoms. The molecule has 0 amide bonds. The van der Waals surface area contributed by atoms with Crippen molar-refractivity contribution < 1.29 is 4.39 Å². The van der Waals surface area contributed by atoms with E-state index in [1.165, 1.54) is 19.0 Å². The quantitative estimate of drug-likeness (QED) is 0.829. The van der Waals surface area contributed by atoms with Gasteiger partial charge in [-0.3, -0.25) is 0 Å². The lowest BCUT2D eigenvalue weighted by molar-refractivity contribution is 0.557. The van der Waals surface area contributed by atoms with Crippen LogP contribution in [-0.4, -0.2) is 23.6 Å². The van der Waals surface area contributed by atoms with E-state index in [0.717, 1.165) is 17.9 Å². The smallest absolute Gasteiger partial charge is 0.141 e. The Hall–Kier alpha value is -1.16. The van der Waals surface area contributed by atoms with Crippen LogP contribution in [0.2, 0.25) is 0 Å². The van der Waals surface area contributed by atoms with Gasteiger partial charge in [-0.2, -0.15) is 0 Å². The minimum atomic E-state index is -0.255. The van der Waals surface area contributed by atoms with Gasteiger partial charge in [0.15, 0.2) is 0 Å². The molecule has 0 aliphatic heterocycles. The zero-order chi connectivity index (χ0) is 14.7. The molecular weight excluding hydrogens is 253 g/mol. The number of halogens is 1. The minimum Gasteiger partial charge on any atom is -0.354 e. The molecule has 2 rings (SSSR count). The fraction of sp³-hybridized carbons (Fsp3) is 0.688. The van der Waals surface area contributed by atoms with Crippen molar-refractivity contribution in [3.8, 4) is 0 Å². The molecule has 3 nitrogen and oxygen atoms in total. The Labute approximate surface area is 121 Å². The number of hydrogen-bond donors (Lipinski definition) is 1. The molecule has 0 saturated heterocycles. The SMILES string of the molecule is CC(C)CN(c1ncc(F)cc1CNC1CC1)C(C)C. The second-order valence-electron chi connectivity index (χ2n) is 6.43. The van der Waals surface area contributed by atoms with Gasteiger partial charge in [-0.25, -0.2) is 9.37 Å². The van der Waals surface area contributed by atoms with Crippen molar-refractivity contribution in [2.24, 2.45) is 5.92 Å². The van der Waals surface area contributed by atoms with Crippen LogP contribution in [-0.2, 0) is 6.54 Å². The molecule has 1 heterocycles. The molecule has 0 bridgehead atoms. The molecule has 0 radical (unpaired) electrons. The Balaban J connectivity index is 2.21. The molecule has 0 atom stereocenters. The Bertz CT molecular complexity index is 441. The fourth-order valence-corrected chi connectivity index (χ4v) is 2.34. The normalized spacial score (nSPS) is 15.2. The summed E-state index contributed by atoms with van der Waals surface area (Å²) < 4.78 is 13.5. The lowest BCUT2D eigenvalue weighted by Gasteiger charge is -2.31. The second kappa shape index (κ2) is 6.53. The van der Waals surface area contributed by atoms with Crippen LogP contribution in [0.4, 0.5) is 10.2 Å². The standard InChI is InChI=1S/C16H26FN3/c1-11(2)10-20(12(3)4)16-13(7-14(17)9-19-16)8-18-15-5-6-15/h7,9,11-12,15,18H,5-6,8,10H2,1-4H3. The van der Waals surface area contributed by atoms with E-state index in [0.29, 0.717) is 24.5 Å². The van der Waals surface area contributed by atoms with Gasteiger partial charge in [0.2, 0.25) is 0 Å². The summed E-state index contributed by atoms with van der Waals surface area (Å²) >= 11 is 0. The maximum Gasteiger partial charge on any atom is 0.141 e. The predicted octanol–water partition coefficient (Wildman–Crippen LogP) is 3.34. The highest BCUT2D eigenvalue weighted by Crippen LogP contribution is 2.24. The monoisotopic (exact) mass is 279 g/mol. The number of hydrogen-bond acceptors (Lipinski definition) is 3. The van der Waals surface area contributed by atoms with E-state index >= 15 is 0 Å². The van der Waals surface area contributed by atoms with Crippen molar-refractivity contribution in [1.29, 1.82) is 0 Å². The van der Waals surface area contributed by atoms with Gasteiger partial charge < -0.3 is 10.2 Å². The van der Waals surface area contributed by atoms with Gasteiger partial charge >= 0.3 is 0 Å². The first-order valence-corrected chi connectivity index (χ1v) is 7.61. The maximum absolute atomic E-state index is 13.5. The zero-order valence-corrected chi connectivity index (χ0v) is 13.0. The molecule has 0 spiro atoms. The summed E-state index contributed by atoms with van der Waals surface area (Å²) in [6, 6.07) is 2.59. The lowest BCUT2D eigenvalue weighted by Crippen LogP contribution is -2.36. The van der Waals surface area contributed by atoms with Crippen LogP contribution < -0.4 is 10.2 Å². The van der Waals surface area contributed by atoms with Crippen LogP contribution in [0.3, 0.4) is 0 Å². The van der Waals surface area contributed by atoms with Crippen molar-refractivity contribution in [2.45, 2.75) is 59.2 Å². The molecule has 1 N–H and O–H groups in total. The topological polar surface area (TPSA) is 28.2 Å². The van der Waals surface area contributed by atoms with Gasteiger partial charge in [0.1, 0.15) is 11.6 Å². The summed E-state index contributed by atoms with van der Waals surface area (Å²) in [5.41, 5.74) is 0.964. The van der Waals surface area contributed by atoms with E-state index < -0.39 is 0 Å². The Kier molecular flexibility index (Phi) is 4.97. The Morgan fingerprint density at radius 2 is 2.05 bits per heavy atom. The second-order valence-corrected chi connectivity index (χ2v) is 6.43. The molecule has 1 saturated carbocycles. The minimum absolute atomic E-state index is 0.255. The van der Waals surface area contributed by atoms with Crippen LogP contribution in [0.15, 0.2) is 12.3 Å². The van der Waals surface area contributed by atoms with Gasteiger partial charge in [-0.1, -0.05) is 13.8 Å². The highest BCUT2D eigenvalue weighted by molar-refractivity contribution is 5.47. The first kappa shape index (κ1) is 15.2. The third kappa shape index (κ3) is 4.17. The van der Waals surface area contributed by atoms with Crippen LogP contribution in [0.25, 0.3) is 0 Å². The highest BCUT2D eigenvalue weighted by Gasteiger charge is 2.22. The molecule has 1 aromatic heterocycles. The largest absolute Gasteiger partial charge is 0.354 e. The third-order valence-electron chi connectivity index (χ3n) is 3.53. The van der Waals surface area contributed by atoms with E-state index in [9.17, 15) is 4.39 Å². The number of nitrogens with one attached hydrogen (secondary N) is 1. The average Bonchev–Trinajstić information content (AvgIpc) is 3.17. The summed E-state index contributed by atoms with van der Waals surface area (Å²) in [4.78, 5) is 6.63. The van der Waals surface area contributed by atoms with Crippen molar-refractivity contribution in [3.63, 3.8) is 0 Å². The maximum atomic E-state index is 13.5. The van der Waals surface area contributed by atoms with Crippen LogP contribution in [0.1, 0.15) is 46.1 Å². The fourth-order valence-electron chi connectivity index (χ4n) is 2.34. The third-order valence-corrected chi connectivity index (χ3v) is 3.53. The predicted molar refractivity (Wildman–Crippen MR) is 81.4 cm³/mol. The molecular formula is C16H26FN3. The van der Waals surface area contributed by atoms with Gasteiger partial charge in [-0.05, 0) is 38.7 Å². The first-order chi connectivity index (χ1) is 9.47. The van der Waals surface area contributed by atoms with Crippen molar-refractivity contribution in [2.75, 3.05) is 11.4 Å². The number of anilines is 1. The Morgan fingerprint density at radius 1 is 1.35 bits per heavy atom. The summed E-state index contributed by atoms with van der Waals surface area (Å²) in [5, 5.41) is 3.45. The van der Waals surface area contributed by atoms with Crippen LogP contribution in [0, 0.1) is 11.7 Å². The molecule has 20 heavy (non-hydrogen) atoms.